The topological polar surface area (TPSA) is 113 Å². The van der Waals surface area contributed by atoms with E-state index in [0.29, 0.717) is 16.3 Å². The number of nitrogen functional groups attached to an aromatic ring is 1. The van der Waals surface area contributed by atoms with Crippen LogP contribution in [-0.4, -0.2) is 26.5 Å². The van der Waals surface area contributed by atoms with Gasteiger partial charge in [-0.05, 0) is 17.5 Å². The third-order valence-corrected chi connectivity index (χ3v) is 4.10. The van der Waals surface area contributed by atoms with E-state index in [1.54, 1.807) is 12.1 Å². The van der Waals surface area contributed by atoms with Gasteiger partial charge in [0.25, 0.3) is 0 Å². The standard InChI is InChI=1S/C12H12N2O4S/c1-18-19(16,17)11-9-4-2-8(12(13)14)6-7(9)3-5-10(11)15/h2-6,15H,1H3,(H3,13,14). The van der Waals surface area contributed by atoms with Gasteiger partial charge in [0.2, 0.25) is 0 Å². The molecule has 0 unspecified atom stereocenters. The molecule has 0 heterocycles. The van der Waals surface area contributed by atoms with Crippen molar-refractivity contribution >= 4 is 26.7 Å². The molecule has 0 saturated carbocycles. The molecule has 2 aromatic carbocycles. The normalized spacial score (nSPS) is 11.6. The molecule has 6 nitrogen and oxygen atoms in total. The number of rotatable bonds is 3. The molecule has 19 heavy (non-hydrogen) atoms. The molecule has 2 aromatic rings. The van der Waals surface area contributed by atoms with Crippen molar-refractivity contribution in [3.8, 4) is 5.75 Å². The highest BCUT2D eigenvalue weighted by Crippen LogP contribution is 2.32. The number of amidine groups is 1. The number of phenolic OH excluding ortho intramolecular Hbond substituents is 1. The first-order chi connectivity index (χ1) is 8.86. The number of hydrogen-bond acceptors (Lipinski definition) is 5. The molecular formula is C12H12N2O4S. The van der Waals surface area contributed by atoms with Crippen LogP contribution in [0, 0.1) is 5.41 Å². The van der Waals surface area contributed by atoms with E-state index >= 15 is 0 Å². The highest BCUT2D eigenvalue weighted by molar-refractivity contribution is 7.87. The summed E-state index contributed by atoms with van der Waals surface area (Å²) in [5.41, 5.74) is 5.85. The molecule has 0 spiro atoms. The van der Waals surface area contributed by atoms with Crippen LogP contribution in [0.5, 0.6) is 5.75 Å². The zero-order valence-electron chi connectivity index (χ0n) is 10.0. The molecule has 0 aromatic heterocycles. The van der Waals surface area contributed by atoms with E-state index in [-0.39, 0.29) is 16.5 Å². The number of aromatic hydroxyl groups is 1. The Bertz CT molecular complexity index is 769. The van der Waals surface area contributed by atoms with Gasteiger partial charge in [-0.25, -0.2) is 0 Å². The second-order valence-electron chi connectivity index (χ2n) is 3.88. The summed E-state index contributed by atoms with van der Waals surface area (Å²) in [4.78, 5) is -0.289. The Morgan fingerprint density at radius 2 is 2.00 bits per heavy atom. The van der Waals surface area contributed by atoms with Gasteiger partial charge in [0, 0.05) is 10.9 Å². The Balaban J connectivity index is 2.85. The van der Waals surface area contributed by atoms with E-state index in [4.69, 9.17) is 11.1 Å². The predicted octanol–water partition coefficient (Wildman–Crippen LogP) is 1.16. The summed E-state index contributed by atoms with van der Waals surface area (Å²) in [6.07, 6.45) is 0. The Morgan fingerprint density at radius 1 is 1.32 bits per heavy atom. The van der Waals surface area contributed by atoms with Gasteiger partial charge in [0.1, 0.15) is 16.5 Å². The van der Waals surface area contributed by atoms with Crippen LogP contribution in [0.2, 0.25) is 0 Å². The summed E-state index contributed by atoms with van der Waals surface area (Å²) in [5, 5.41) is 17.9. The maximum atomic E-state index is 11.8. The largest absolute Gasteiger partial charge is 0.506 e. The molecule has 4 N–H and O–H groups in total. The number of benzene rings is 2. The third-order valence-electron chi connectivity index (χ3n) is 2.73. The summed E-state index contributed by atoms with van der Waals surface area (Å²) < 4.78 is 28.0. The molecule has 0 fully saturated rings. The van der Waals surface area contributed by atoms with E-state index in [1.165, 1.54) is 18.2 Å². The van der Waals surface area contributed by atoms with Gasteiger partial charge in [0.05, 0.1) is 7.11 Å². The number of hydrogen-bond donors (Lipinski definition) is 3. The maximum Gasteiger partial charge on any atom is 0.301 e. The van der Waals surface area contributed by atoms with Crippen molar-refractivity contribution < 1.29 is 17.7 Å². The highest BCUT2D eigenvalue weighted by Gasteiger charge is 2.21. The lowest BCUT2D eigenvalue weighted by Gasteiger charge is -2.09. The Kier molecular flexibility index (Phi) is 3.17. The lowest BCUT2D eigenvalue weighted by atomic mass is 10.1. The average molecular weight is 280 g/mol. The van der Waals surface area contributed by atoms with Gasteiger partial charge in [-0.15, -0.1) is 0 Å². The van der Waals surface area contributed by atoms with Gasteiger partial charge in [-0.1, -0.05) is 18.2 Å². The first-order valence-corrected chi connectivity index (χ1v) is 6.68. The molecule has 2 rings (SSSR count). The molecular weight excluding hydrogens is 268 g/mol. The molecule has 0 aliphatic rings. The van der Waals surface area contributed by atoms with Crippen molar-refractivity contribution in [3.05, 3.63) is 35.9 Å². The van der Waals surface area contributed by atoms with Gasteiger partial charge < -0.3 is 10.8 Å². The van der Waals surface area contributed by atoms with Crippen molar-refractivity contribution in [1.82, 2.24) is 0 Å². The number of phenols is 1. The van der Waals surface area contributed by atoms with E-state index < -0.39 is 10.1 Å². The predicted molar refractivity (Wildman–Crippen MR) is 70.8 cm³/mol. The molecule has 100 valence electrons. The molecule has 7 heteroatoms. The van der Waals surface area contributed by atoms with Crippen molar-refractivity contribution in [2.24, 2.45) is 5.73 Å². The third kappa shape index (κ3) is 2.25. The Hall–Kier alpha value is -2.12. The Morgan fingerprint density at radius 3 is 2.58 bits per heavy atom. The van der Waals surface area contributed by atoms with Gasteiger partial charge in [-0.3, -0.25) is 9.59 Å². The summed E-state index contributed by atoms with van der Waals surface area (Å²) in [7, 11) is -3.00. The van der Waals surface area contributed by atoms with E-state index in [9.17, 15) is 13.5 Å². The number of nitrogens with one attached hydrogen (secondary N) is 1. The van der Waals surface area contributed by atoms with Crippen LogP contribution in [0.4, 0.5) is 0 Å². The van der Waals surface area contributed by atoms with Crippen LogP contribution in [-0.2, 0) is 14.3 Å². The first-order valence-electron chi connectivity index (χ1n) is 5.27. The van der Waals surface area contributed by atoms with Crippen LogP contribution in [0.15, 0.2) is 35.2 Å². The quantitative estimate of drug-likeness (QED) is 0.443. The first kappa shape index (κ1) is 13.3. The van der Waals surface area contributed by atoms with Gasteiger partial charge >= 0.3 is 10.1 Å². The fourth-order valence-electron chi connectivity index (χ4n) is 1.80. The minimum Gasteiger partial charge on any atom is -0.506 e. The molecule has 0 saturated heterocycles. The fourth-order valence-corrected chi connectivity index (χ4v) is 2.75. The second-order valence-corrected chi connectivity index (χ2v) is 5.53. The van der Waals surface area contributed by atoms with Crippen LogP contribution in [0.1, 0.15) is 5.56 Å². The highest BCUT2D eigenvalue weighted by atomic mass is 32.2. The van der Waals surface area contributed by atoms with Crippen LogP contribution in [0.25, 0.3) is 10.8 Å². The molecule has 0 amide bonds. The van der Waals surface area contributed by atoms with Crippen LogP contribution in [0.3, 0.4) is 0 Å². The van der Waals surface area contributed by atoms with Crippen LogP contribution >= 0.6 is 0 Å². The van der Waals surface area contributed by atoms with Crippen molar-refractivity contribution in [2.75, 3.05) is 7.11 Å². The zero-order chi connectivity index (χ0) is 14.2. The molecule has 0 bridgehead atoms. The van der Waals surface area contributed by atoms with Crippen LogP contribution < -0.4 is 5.73 Å². The molecule has 0 aliphatic carbocycles. The van der Waals surface area contributed by atoms with Crippen molar-refractivity contribution in [2.45, 2.75) is 4.90 Å². The van der Waals surface area contributed by atoms with Gasteiger partial charge in [0.15, 0.2) is 0 Å². The van der Waals surface area contributed by atoms with Crippen molar-refractivity contribution in [3.63, 3.8) is 0 Å². The molecule has 0 aliphatic heterocycles. The monoisotopic (exact) mass is 280 g/mol. The summed E-state index contributed by atoms with van der Waals surface area (Å²) in [5.74, 6) is -0.504. The number of nitrogens with two attached hydrogens (primary N) is 1. The van der Waals surface area contributed by atoms with E-state index in [0.717, 1.165) is 7.11 Å². The minimum absolute atomic E-state index is 0.119. The molecule has 0 radical (unpaired) electrons. The SMILES string of the molecule is COS(=O)(=O)c1c(O)ccc2cc(C(=N)N)ccc12. The summed E-state index contributed by atoms with van der Waals surface area (Å²) in [6, 6.07) is 7.38. The summed E-state index contributed by atoms with van der Waals surface area (Å²) >= 11 is 0. The number of fused-ring (bicyclic) bond motifs is 1. The lowest BCUT2D eigenvalue weighted by molar-refractivity contribution is 0.391. The van der Waals surface area contributed by atoms with Crippen molar-refractivity contribution in [1.29, 1.82) is 5.41 Å². The smallest absolute Gasteiger partial charge is 0.301 e. The lowest BCUT2D eigenvalue weighted by Crippen LogP contribution is -2.11. The maximum absolute atomic E-state index is 11.8. The minimum atomic E-state index is -4.02. The zero-order valence-corrected chi connectivity index (χ0v) is 10.9. The Labute approximate surface area is 110 Å². The second kappa shape index (κ2) is 4.52. The van der Waals surface area contributed by atoms with E-state index in [2.05, 4.69) is 4.18 Å². The van der Waals surface area contributed by atoms with E-state index in [1.807, 2.05) is 0 Å². The molecule has 0 atom stereocenters. The summed E-state index contributed by atoms with van der Waals surface area (Å²) in [6.45, 7) is 0. The fraction of sp³-hybridized carbons (Fsp3) is 0.0833. The average Bonchev–Trinajstić information content (AvgIpc) is 2.37. The van der Waals surface area contributed by atoms with Gasteiger partial charge in [-0.2, -0.15) is 8.42 Å².